The van der Waals surface area contributed by atoms with E-state index in [9.17, 15) is 0 Å². The molecule has 6 nitrogen and oxygen atoms in total. The number of aliphatic hydroxyl groups excluding tert-OH is 1. The van der Waals surface area contributed by atoms with Gasteiger partial charge in [0.25, 0.3) is 0 Å². The van der Waals surface area contributed by atoms with Crippen LogP contribution in [-0.4, -0.2) is 21.0 Å². The first-order valence-electron chi connectivity index (χ1n) is 5.22. The molecule has 1 aromatic rings. The minimum Gasteiger partial charge on any atom is -0.550 e. The first kappa shape index (κ1) is 14.6. The van der Waals surface area contributed by atoms with E-state index in [1.807, 2.05) is 17.9 Å². The number of carboxylic acids is 1. The molecule has 1 rings (SSSR count). The van der Waals surface area contributed by atoms with Gasteiger partial charge in [-0.05, 0) is 13.3 Å². The van der Waals surface area contributed by atoms with Crippen LogP contribution in [0.2, 0.25) is 0 Å². The van der Waals surface area contributed by atoms with Crippen LogP contribution in [0.5, 0.6) is 0 Å². The largest absolute Gasteiger partial charge is 0.550 e. The van der Waals surface area contributed by atoms with Crippen LogP contribution in [0.3, 0.4) is 0 Å². The molecule has 0 atom stereocenters. The van der Waals surface area contributed by atoms with Gasteiger partial charge < -0.3 is 15.0 Å². The van der Waals surface area contributed by atoms with Crippen molar-refractivity contribution in [1.29, 1.82) is 0 Å². The minimum atomic E-state index is -1.08. The fourth-order valence-electron chi connectivity index (χ4n) is 1.08. The molecule has 6 heteroatoms. The Kier molecular flexibility index (Phi) is 7.11. The van der Waals surface area contributed by atoms with Crippen molar-refractivity contribution >= 4 is 5.97 Å². The Balaban J connectivity index is 0.000000487. The third-order valence-corrected chi connectivity index (χ3v) is 1.87. The van der Waals surface area contributed by atoms with Crippen LogP contribution in [0.15, 0.2) is 6.20 Å². The van der Waals surface area contributed by atoms with Gasteiger partial charge in [-0.15, -0.1) is 9.36 Å². The molecule has 16 heavy (non-hydrogen) atoms. The van der Waals surface area contributed by atoms with E-state index in [4.69, 9.17) is 15.0 Å². The first-order valence-corrected chi connectivity index (χ1v) is 5.22. The Labute approximate surface area is 95.1 Å². The van der Waals surface area contributed by atoms with Gasteiger partial charge in [-0.2, -0.15) is 0 Å². The summed E-state index contributed by atoms with van der Waals surface area (Å²) in [4.78, 5) is 8.89. The van der Waals surface area contributed by atoms with Crippen LogP contribution in [0, 0.1) is 0 Å². The predicted molar refractivity (Wildman–Crippen MR) is 54.9 cm³/mol. The van der Waals surface area contributed by atoms with Gasteiger partial charge in [0.2, 0.25) is 0 Å². The number of aromatic nitrogens is 3. The Morgan fingerprint density at radius 3 is 2.62 bits per heavy atom. The maximum absolute atomic E-state index is 8.89. The Morgan fingerprint density at radius 2 is 2.25 bits per heavy atom. The van der Waals surface area contributed by atoms with Crippen LogP contribution in [0.25, 0.3) is 0 Å². The van der Waals surface area contributed by atoms with Crippen LogP contribution >= 0.6 is 0 Å². The zero-order valence-corrected chi connectivity index (χ0v) is 10.0. The van der Waals surface area contributed by atoms with Crippen LogP contribution in [0.4, 0.5) is 0 Å². The highest BCUT2D eigenvalue weighted by atomic mass is 16.4. The zero-order chi connectivity index (χ0) is 12.6. The summed E-state index contributed by atoms with van der Waals surface area (Å²) >= 11 is 0. The van der Waals surface area contributed by atoms with Crippen molar-refractivity contribution < 1.29 is 19.7 Å². The number of carbonyl (C=O) groups is 1. The monoisotopic (exact) mass is 229 g/mol. The van der Waals surface area contributed by atoms with Crippen molar-refractivity contribution in [3.63, 3.8) is 0 Å². The zero-order valence-electron chi connectivity index (χ0n) is 10.0. The fourth-order valence-corrected chi connectivity index (χ4v) is 1.08. The molecule has 0 bridgehead atoms. The number of hydrogen-bond donors (Lipinski definition) is 1. The summed E-state index contributed by atoms with van der Waals surface area (Å²) in [6, 6.07) is 0. The number of nitrogens with zero attached hydrogens (tertiary/aromatic N) is 3. The number of carboxylic acid groups (broad SMARTS) is 1. The molecule has 0 aliphatic heterocycles. The van der Waals surface area contributed by atoms with Crippen molar-refractivity contribution in [3.05, 3.63) is 11.9 Å². The summed E-state index contributed by atoms with van der Waals surface area (Å²) in [6.45, 7) is 4.11. The van der Waals surface area contributed by atoms with E-state index in [0.29, 0.717) is 0 Å². The summed E-state index contributed by atoms with van der Waals surface area (Å²) in [6.07, 6.45) is 4.18. The molecule has 0 fully saturated rings. The lowest BCUT2D eigenvalue weighted by atomic mass is 10.3. The summed E-state index contributed by atoms with van der Waals surface area (Å²) in [5.74, 6) is -1.08. The topological polar surface area (TPSA) is 82.1 Å². The average Bonchev–Trinajstić information content (AvgIpc) is 2.55. The summed E-state index contributed by atoms with van der Waals surface area (Å²) in [5, 5.41) is 22.0. The van der Waals surface area contributed by atoms with Gasteiger partial charge in [0.15, 0.2) is 11.9 Å². The number of unbranched alkanes of at least 4 members (excludes halogenated alkanes) is 1. The molecule has 0 aromatic carbocycles. The molecule has 92 valence electrons. The van der Waals surface area contributed by atoms with Gasteiger partial charge in [0, 0.05) is 5.97 Å². The van der Waals surface area contributed by atoms with Gasteiger partial charge in [0.1, 0.15) is 20.2 Å². The second-order valence-electron chi connectivity index (χ2n) is 3.40. The molecule has 0 unspecified atom stereocenters. The van der Waals surface area contributed by atoms with Crippen molar-refractivity contribution in [2.75, 3.05) is 0 Å². The fraction of sp³-hybridized carbons (Fsp3) is 0.700. The highest BCUT2D eigenvalue weighted by molar-refractivity contribution is 5.60. The van der Waals surface area contributed by atoms with Gasteiger partial charge in [0.05, 0.1) is 5.21 Å². The quantitative estimate of drug-likeness (QED) is 0.654. The number of carbonyl (C=O) groups excluding carboxylic acids is 1. The summed E-state index contributed by atoms with van der Waals surface area (Å²) in [5.41, 5.74) is 0.853. The van der Waals surface area contributed by atoms with Crippen LogP contribution in [-0.2, 0) is 25.0 Å². The number of aliphatic hydroxyl groups is 1. The number of hydrogen-bond acceptors (Lipinski definition) is 4. The molecule has 0 aliphatic carbocycles. The summed E-state index contributed by atoms with van der Waals surface area (Å²) < 4.78 is 3.57. The third-order valence-electron chi connectivity index (χ3n) is 1.87. The average molecular weight is 229 g/mol. The molecule has 0 spiro atoms. The van der Waals surface area contributed by atoms with Gasteiger partial charge in [-0.25, -0.2) is 0 Å². The normalized spacial score (nSPS) is 9.50. The molecule has 0 aliphatic rings. The first-order chi connectivity index (χ1) is 7.51. The van der Waals surface area contributed by atoms with Gasteiger partial charge >= 0.3 is 0 Å². The predicted octanol–water partition coefficient (Wildman–Crippen LogP) is -1.24. The summed E-state index contributed by atoms with van der Waals surface area (Å²) in [7, 11) is 1.84. The Bertz CT molecular complexity index is 319. The van der Waals surface area contributed by atoms with Crippen LogP contribution < -0.4 is 9.79 Å². The lowest BCUT2D eigenvalue weighted by Gasteiger charge is -1.88. The third kappa shape index (κ3) is 6.13. The molecule has 1 heterocycles. The van der Waals surface area contributed by atoms with E-state index < -0.39 is 5.97 Å². The molecule has 0 saturated heterocycles. The van der Waals surface area contributed by atoms with Gasteiger partial charge in [-0.3, -0.25) is 0 Å². The minimum absolute atomic E-state index is 0.0582. The van der Waals surface area contributed by atoms with E-state index in [2.05, 4.69) is 12.1 Å². The second-order valence-corrected chi connectivity index (χ2v) is 3.40. The molecule has 1 N–H and O–H groups in total. The number of rotatable bonds is 4. The maximum Gasteiger partial charge on any atom is 0.192 e. The second kappa shape index (κ2) is 7.81. The number of aliphatic carboxylic acids is 1. The molecule has 1 aromatic heterocycles. The molecule has 0 radical (unpaired) electrons. The smallest absolute Gasteiger partial charge is 0.192 e. The van der Waals surface area contributed by atoms with Crippen molar-refractivity contribution in [2.45, 2.75) is 39.8 Å². The molecular weight excluding hydrogens is 210 g/mol. The standard InChI is InChI=1S/C8H16N3O.C2H4O2/c1-3-4-5-11-6-8(7-12)10(2)9-11;1-2(3)4/h6,12H,3-5,7H2,1-2H3;1H3,(H,3,4)/q+1;/p-1. The van der Waals surface area contributed by atoms with Crippen molar-refractivity contribution in [2.24, 2.45) is 7.05 Å². The number of aryl methyl sites for hydroxylation is 2. The maximum atomic E-state index is 8.89. The van der Waals surface area contributed by atoms with Crippen molar-refractivity contribution in [1.82, 2.24) is 9.90 Å². The molecular formula is C10H19N3O3. The highest BCUT2D eigenvalue weighted by Gasteiger charge is 2.09. The van der Waals surface area contributed by atoms with Gasteiger partial charge in [-0.1, -0.05) is 13.3 Å². The lowest BCUT2D eigenvalue weighted by molar-refractivity contribution is -0.755. The van der Waals surface area contributed by atoms with E-state index in [1.165, 1.54) is 0 Å². The van der Waals surface area contributed by atoms with E-state index in [1.54, 1.807) is 4.68 Å². The molecule has 0 saturated carbocycles. The SMILES string of the molecule is CC(=O)[O-].CCCC[n+]1cc(CO)n(C)n1. The highest BCUT2D eigenvalue weighted by Crippen LogP contribution is 1.91. The van der Waals surface area contributed by atoms with E-state index >= 15 is 0 Å². The van der Waals surface area contributed by atoms with E-state index in [0.717, 1.165) is 32.0 Å². The Morgan fingerprint density at radius 1 is 1.69 bits per heavy atom. The Hall–Kier alpha value is -1.43. The lowest BCUT2D eigenvalue weighted by Crippen LogP contribution is -2.35. The van der Waals surface area contributed by atoms with E-state index in [-0.39, 0.29) is 6.61 Å². The molecule has 0 amide bonds. The van der Waals surface area contributed by atoms with Crippen LogP contribution in [0.1, 0.15) is 32.4 Å². The van der Waals surface area contributed by atoms with Crippen molar-refractivity contribution in [3.8, 4) is 0 Å².